The molecule has 2 aromatic carbocycles. The van der Waals surface area contributed by atoms with Gasteiger partial charge in [0.1, 0.15) is 30.5 Å². The highest BCUT2D eigenvalue weighted by Gasteiger charge is 2.17. The number of aryl methyl sites for hydroxylation is 1. The highest BCUT2D eigenvalue weighted by Crippen LogP contribution is 2.27. The molecule has 1 aromatic heterocycles. The molecule has 1 heterocycles. The van der Waals surface area contributed by atoms with Gasteiger partial charge in [0, 0.05) is 23.8 Å². The molecular formula is C21H17F2N3O8. The van der Waals surface area contributed by atoms with E-state index in [1.807, 2.05) is 0 Å². The third-order valence-electron chi connectivity index (χ3n) is 4.37. The van der Waals surface area contributed by atoms with Crippen molar-refractivity contribution in [3.8, 4) is 11.5 Å². The lowest BCUT2D eigenvalue weighted by Crippen LogP contribution is -2.12. The Morgan fingerprint density at radius 3 is 2.44 bits per heavy atom. The van der Waals surface area contributed by atoms with E-state index in [4.69, 9.17) is 13.9 Å². The van der Waals surface area contributed by atoms with Crippen molar-refractivity contribution in [2.45, 2.75) is 20.0 Å². The van der Waals surface area contributed by atoms with Gasteiger partial charge in [-0.1, -0.05) is 0 Å². The van der Waals surface area contributed by atoms with Crippen LogP contribution in [0.4, 0.5) is 25.8 Å². The first-order valence-corrected chi connectivity index (χ1v) is 9.60. The third-order valence-corrected chi connectivity index (χ3v) is 4.37. The van der Waals surface area contributed by atoms with Crippen LogP contribution in [0.25, 0.3) is 0 Å². The highest BCUT2D eigenvalue weighted by atomic mass is 19.3. The topological polar surface area (TPSA) is 147 Å². The molecule has 1 N–H and O–H groups in total. The molecule has 34 heavy (non-hydrogen) atoms. The number of alkyl halides is 2. The number of nitrogens with zero attached hydrogens (tertiary/aromatic N) is 2. The van der Waals surface area contributed by atoms with Crippen molar-refractivity contribution in [2.24, 2.45) is 0 Å². The van der Waals surface area contributed by atoms with E-state index in [2.05, 4.69) is 5.32 Å². The lowest BCUT2D eigenvalue weighted by Gasteiger charge is -2.09. The summed E-state index contributed by atoms with van der Waals surface area (Å²) in [6.07, 6.45) is -2.78. The van der Waals surface area contributed by atoms with Gasteiger partial charge in [0.2, 0.25) is 0 Å². The molecule has 0 fully saturated rings. The number of hydrogen-bond acceptors (Lipinski definition) is 8. The number of rotatable bonds is 10. The summed E-state index contributed by atoms with van der Waals surface area (Å²) in [5.41, 5.74) is -0.155. The molecule has 0 saturated carbocycles. The maximum absolute atomic E-state index is 12.5. The molecule has 0 bridgehead atoms. The first-order valence-electron chi connectivity index (χ1n) is 9.60. The van der Waals surface area contributed by atoms with Crippen molar-refractivity contribution in [3.63, 3.8) is 0 Å². The minimum Gasteiger partial charge on any atom is -0.487 e. The van der Waals surface area contributed by atoms with E-state index in [0.29, 0.717) is 11.3 Å². The van der Waals surface area contributed by atoms with Crippen LogP contribution < -0.4 is 14.8 Å². The fraction of sp³-hybridized carbons (Fsp3) is 0.190. The van der Waals surface area contributed by atoms with Crippen molar-refractivity contribution < 1.29 is 37.3 Å². The second-order valence-electron chi connectivity index (χ2n) is 6.89. The van der Waals surface area contributed by atoms with Gasteiger partial charge in [-0.3, -0.25) is 25.0 Å². The normalized spacial score (nSPS) is 10.7. The van der Waals surface area contributed by atoms with Gasteiger partial charge in [0.05, 0.1) is 21.6 Å². The van der Waals surface area contributed by atoms with E-state index < -0.39 is 34.5 Å². The minimum absolute atomic E-state index is 0.0479. The summed E-state index contributed by atoms with van der Waals surface area (Å²) >= 11 is 0. The van der Waals surface area contributed by atoms with Crippen molar-refractivity contribution >= 4 is 23.0 Å². The number of nitro benzene ring substituents is 2. The number of non-ortho nitro benzene ring substituents is 1. The Bertz CT molecular complexity index is 1230. The number of hydrogen-bond donors (Lipinski definition) is 1. The number of nitro groups is 2. The average Bonchev–Trinajstić information content (AvgIpc) is 3.25. The Kier molecular flexibility index (Phi) is 7.36. The van der Waals surface area contributed by atoms with Gasteiger partial charge in [-0.15, -0.1) is 0 Å². The van der Waals surface area contributed by atoms with E-state index in [1.165, 1.54) is 30.3 Å². The lowest BCUT2D eigenvalue weighted by atomic mass is 10.2. The SMILES string of the molecule is Cc1cc(OCc2ccc(C(=O)Nc3cc(OCC(F)F)cc([N+](=O)[O-])c3)o2)ccc1[N+](=O)[O-]. The van der Waals surface area contributed by atoms with Crippen LogP contribution in [0.1, 0.15) is 21.9 Å². The van der Waals surface area contributed by atoms with Gasteiger partial charge in [-0.25, -0.2) is 8.78 Å². The second kappa shape index (κ2) is 10.4. The first kappa shape index (κ1) is 24.1. The molecule has 11 nitrogen and oxygen atoms in total. The molecule has 0 aliphatic rings. The number of ether oxygens (including phenoxy) is 2. The van der Waals surface area contributed by atoms with Gasteiger partial charge in [-0.2, -0.15) is 0 Å². The number of furan rings is 1. The molecule has 0 spiro atoms. The zero-order valence-corrected chi connectivity index (χ0v) is 17.5. The molecular weight excluding hydrogens is 460 g/mol. The molecule has 0 aliphatic heterocycles. The van der Waals surface area contributed by atoms with Crippen LogP contribution in [-0.4, -0.2) is 28.8 Å². The molecule has 3 rings (SSSR count). The number of halogens is 2. The number of carbonyl (C=O) groups is 1. The standard InChI is InChI=1S/C21H17F2N3O8/c1-12-6-15(2-4-18(12)26(30)31)32-10-16-3-5-19(34-16)21(27)24-13-7-14(25(28)29)9-17(8-13)33-11-20(22)23/h2-9,20H,10-11H2,1H3,(H,24,27). The molecule has 178 valence electrons. The summed E-state index contributed by atoms with van der Waals surface area (Å²) in [5, 5.41) is 24.4. The predicted octanol–water partition coefficient (Wildman–Crippen LogP) is 4.88. The summed E-state index contributed by atoms with van der Waals surface area (Å²) in [4.78, 5) is 33.2. The summed E-state index contributed by atoms with van der Waals surface area (Å²) in [6, 6.07) is 10.2. The Labute approximate surface area is 190 Å². The summed E-state index contributed by atoms with van der Waals surface area (Å²) in [6.45, 7) is 0.523. The summed E-state index contributed by atoms with van der Waals surface area (Å²) in [5.74, 6) is -0.478. The Morgan fingerprint density at radius 1 is 1.03 bits per heavy atom. The van der Waals surface area contributed by atoms with Crippen LogP contribution >= 0.6 is 0 Å². The maximum Gasteiger partial charge on any atom is 0.291 e. The van der Waals surface area contributed by atoms with Crippen molar-refractivity contribution in [1.82, 2.24) is 0 Å². The molecule has 0 unspecified atom stereocenters. The van der Waals surface area contributed by atoms with E-state index in [9.17, 15) is 33.8 Å². The third kappa shape index (κ3) is 6.25. The molecule has 13 heteroatoms. The van der Waals surface area contributed by atoms with Gasteiger partial charge in [0.25, 0.3) is 23.7 Å². The fourth-order valence-electron chi connectivity index (χ4n) is 2.85. The average molecular weight is 477 g/mol. The molecule has 1 amide bonds. The highest BCUT2D eigenvalue weighted by molar-refractivity contribution is 6.02. The van der Waals surface area contributed by atoms with Gasteiger partial charge >= 0.3 is 0 Å². The van der Waals surface area contributed by atoms with Crippen LogP contribution in [0.5, 0.6) is 11.5 Å². The van der Waals surface area contributed by atoms with Gasteiger partial charge in [-0.05, 0) is 31.2 Å². The van der Waals surface area contributed by atoms with E-state index in [0.717, 1.165) is 18.2 Å². The summed E-state index contributed by atoms with van der Waals surface area (Å²) in [7, 11) is 0. The molecule has 0 radical (unpaired) electrons. The number of amides is 1. The largest absolute Gasteiger partial charge is 0.487 e. The second-order valence-corrected chi connectivity index (χ2v) is 6.89. The van der Waals surface area contributed by atoms with Crippen molar-refractivity contribution in [1.29, 1.82) is 0 Å². The van der Waals surface area contributed by atoms with E-state index in [-0.39, 0.29) is 35.3 Å². The quantitative estimate of drug-likeness (QED) is 0.321. The number of carbonyl (C=O) groups excluding carboxylic acids is 1. The molecule has 0 aliphatic carbocycles. The van der Waals surface area contributed by atoms with Gasteiger partial charge in [0.15, 0.2) is 5.76 Å². The minimum atomic E-state index is -2.78. The first-order chi connectivity index (χ1) is 16.1. The molecule has 0 atom stereocenters. The Hall–Kier alpha value is -4.55. The Balaban J connectivity index is 1.66. The number of benzene rings is 2. The van der Waals surface area contributed by atoms with Crippen LogP contribution in [0.2, 0.25) is 0 Å². The van der Waals surface area contributed by atoms with Crippen LogP contribution in [0.3, 0.4) is 0 Å². The molecule has 0 saturated heterocycles. The van der Waals surface area contributed by atoms with Gasteiger partial charge < -0.3 is 19.2 Å². The van der Waals surface area contributed by atoms with Crippen LogP contribution in [0, 0.1) is 27.2 Å². The predicted molar refractivity (Wildman–Crippen MR) is 113 cm³/mol. The van der Waals surface area contributed by atoms with E-state index >= 15 is 0 Å². The Morgan fingerprint density at radius 2 is 1.79 bits per heavy atom. The lowest BCUT2D eigenvalue weighted by molar-refractivity contribution is -0.385. The number of anilines is 1. The summed E-state index contributed by atoms with van der Waals surface area (Å²) < 4.78 is 40.5. The van der Waals surface area contributed by atoms with Crippen LogP contribution in [-0.2, 0) is 6.61 Å². The van der Waals surface area contributed by atoms with E-state index in [1.54, 1.807) is 6.92 Å². The zero-order chi connectivity index (χ0) is 24.8. The number of nitrogens with one attached hydrogen (secondary N) is 1. The van der Waals surface area contributed by atoms with Crippen molar-refractivity contribution in [2.75, 3.05) is 11.9 Å². The monoisotopic (exact) mass is 477 g/mol. The molecule has 3 aromatic rings. The smallest absolute Gasteiger partial charge is 0.291 e. The zero-order valence-electron chi connectivity index (χ0n) is 17.5. The fourth-order valence-corrected chi connectivity index (χ4v) is 2.85. The van der Waals surface area contributed by atoms with Crippen LogP contribution in [0.15, 0.2) is 52.9 Å². The maximum atomic E-state index is 12.5. The van der Waals surface area contributed by atoms with Crippen molar-refractivity contribution in [3.05, 3.63) is 85.8 Å².